The van der Waals surface area contributed by atoms with Crippen molar-refractivity contribution in [2.45, 2.75) is 87.5 Å². The van der Waals surface area contributed by atoms with Crippen LogP contribution in [0.3, 0.4) is 0 Å². The maximum absolute atomic E-state index is 9.75. The number of aryl methyl sites for hydroxylation is 12. The predicted molar refractivity (Wildman–Crippen MR) is 262 cm³/mol. The topological polar surface area (TPSA) is 0 Å². The molecular formula is C55H58BF4P2Rh+. The Morgan fingerprint density at radius 2 is 0.635 bits per heavy atom. The van der Waals surface area contributed by atoms with Gasteiger partial charge in [-0.15, -0.1) is 0 Å². The van der Waals surface area contributed by atoms with E-state index in [0.717, 1.165) is 37.5 Å². The van der Waals surface area contributed by atoms with Gasteiger partial charge in [0.2, 0.25) is 0 Å². The van der Waals surface area contributed by atoms with Gasteiger partial charge in [0.1, 0.15) is 0 Å². The number of hydrogen-bond acceptors (Lipinski definition) is 0. The van der Waals surface area contributed by atoms with Crippen molar-refractivity contribution in [3.63, 3.8) is 0 Å². The zero-order valence-corrected chi connectivity index (χ0v) is 41.1. The van der Waals surface area contributed by atoms with Gasteiger partial charge in [0, 0.05) is 0 Å². The maximum atomic E-state index is 9.75. The smallest absolute Gasteiger partial charge is 0.418 e. The van der Waals surface area contributed by atoms with Crippen LogP contribution in [0.4, 0.5) is 17.3 Å². The number of benzene rings is 6. The molecule has 2 saturated carbocycles. The van der Waals surface area contributed by atoms with Crippen LogP contribution in [0, 0.1) is 92.9 Å². The van der Waals surface area contributed by atoms with Crippen molar-refractivity contribution in [3.05, 3.63) is 202 Å². The normalized spacial score (nSPS) is 16.5. The first-order valence-corrected chi connectivity index (χ1v) is 24.5. The zero-order valence-electron chi connectivity index (χ0n) is 37.7. The molecule has 0 aliphatic heterocycles. The molecular weight excluding hydrogens is 912 g/mol. The second-order valence-electron chi connectivity index (χ2n) is 17.8. The van der Waals surface area contributed by atoms with E-state index in [9.17, 15) is 17.3 Å². The minimum atomic E-state index is -6.00. The molecule has 8 heteroatoms. The van der Waals surface area contributed by atoms with E-state index in [2.05, 4.69) is 190 Å². The summed E-state index contributed by atoms with van der Waals surface area (Å²) < 4.78 is 39.0. The van der Waals surface area contributed by atoms with E-state index in [4.69, 9.17) is 0 Å². The molecule has 0 N–H and O–H groups in total. The Morgan fingerprint density at radius 3 is 0.857 bits per heavy atom. The summed E-state index contributed by atoms with van der Waals surface area (Å²) in [5.41, 5.74) is 16.7. The summed E-state index contributed by atoms with van der Waals surface area (Å²) in [5, 5.41) is 8.93. The van der Waals surface area contributed by atoms with Crippen molar-refractivity contribution in [3.8, 4) is 0 Å². The van der Waals surface area contributed by atoms with E-state index in [1.54, 1.807) is 0 Å². The van der Waals surface area contributed by atoms with Crippen LogP contribution >= 0.6 is 15.8 Å². The van der Waals surface area contributed by atoms with Gasteiger partial charge in [-0.05, 0) is 195 Å². The summed E-state index contributed by atoms with van der Waals surface area (Å²) in [6, 6.07) is 43.8. The molecule has 6 aromatic rings. The standard InChI is InChI=1S/C48H50P2.C7H8.BF4.Rh/c1-31-17-32(2)22-43(21-31)49(44-23-33(3)18-34(4)24-44)47-29-39-9-13-41(47)15-11-40-10-14-42(16-12-39)48(30-40)50(45-25-35(5)19-36(6)26-45)46-27-37(7)20-38(8)28-46;1-2-7-4-3-6(1)5-7;2-1(3,4)5;/h9-10,13-14,17-30H,11-12,15-16H2,1-8H3;1-4,6-7H,5H2;;/q;;-1;+2. The molecule has 0 amide bonds. The fraction of sp³-hybridized carbons (Fsp3) is 0.273. The first-order valence-electron chi connectivity index (χ1n) is 21.8. The molecule has 0 nitrogen and oxygen atoms in total. The second kappa shape index (κ2) is 21.3. The third-order valence-corrected chi connectivity index (χ3v) is 16.7. The third-order valence-electron chi connectivity index (χ3n) is 11.8. The maximum Gasteiger partial charge on any atom is 2.00 e. The van der Waals surface area contributed by atoms with Gasteiger partial charge in [-0.25, -0.2) is 0 Å². The molecule has 6 aliphatic rings. The fourth-order valence-electron chi connectivity index (χ4n) is 9.43. The van der Waals surface area contributed by atoms with Crippen molar-refractivity contribution in [2.75, 3.05) is 0 Å². The number of rotatable bonds is 6. The third kappa shape index (κ3) is 13.3. The summed E-state index contributed by atoms with van der Waals surface area (Å²) >= 11 is 0. The van der Waals surface area contributed by atoms with Gasteiger partial charge in [0.25, 0.3) is 0 Å². The molecule has 0 unspecified atom stereocenters. The first-order chi connectivity index (χ1) is 29.4. The van der Waals surface area contributed by atoms with Gasteiger partial charge < -0.3 is 17.3 Å². The van der Waals surface area contributed by atoms with E-state index in [1.165, 1.54) is 105 Å². The Labute approximate surface area is 390 Å². The molecule has 0 spiro atoms. The summed E-state index contributed by atoms with van der Waals surface area (Å²) in [5.74, 6) is 1.62. The minimum Gasteiger partial charge on any atom is -0.418 e. The first kappa shape index (κ1) is 49.0. The van der Waals surface area contributed by atoms with Crippen LogP contribution in [-0.4, -0.2) is 7.25 Å². The van der Waals surface area contributed by atoms with Crippen molar-refractivity contribution in [1.29, 1.82) is 0 Å². The Hall–Kier alpha value is -3.41. The molecule has 12 rings (SSSR count). The van der Waals surface area contributed by atoms with Crippen molar-refractivity contribution >= 4 is 54.9 Å². The molecule has 5 radical (unpaired) electrons. The molecule has 327 valence electrons. The molecule has 0 atom stereocenters. The quantitative estimate of drug-likeness (QED) is 0.0886. The van der Waals surface area contributed by atoms with E-state index in [-0.39, 0.29) is 19.5 Å². The van der Waals surface area contributed by atoms with Crippen molar-refractivity contribution in [2.24, 2.45) is 11.8 Å². The molecule has 2 fully saturated rings. The predicted octanol–water partition coefficient (Wildman–Crippen LogP) is 12.3. The van der Waals surface area contributed by atoms with Crippen LogP contribution in [0.1, 0.15) is 73.2 Å². The van der Waals surface area contributed by atoms with Crippen LogP contribution < -0.4 is 31.8 Å². The molecule has 0 heterocycles. The van der Waals surface area contributed by atoms with E-state index < -0.39 is 23.1 Å². The van der Waals surface area contributed by atoms with E-state index in [0.29, 0.717) is 0 Å². The van der Waals surface area contributed by atoms with Gasteiger partial charge in [-0.3, -0.25) is 0 Å². The Balaban J connectivity index is 0.000000439. The van der Waals surface area contributed by atoms with Crippen LogP contribution in [0.5, 0.6) is 0 Å². The van der Waals surface area contributed by atoms with Gasteiger partial charge in [-0.2, -0.15) is 0 Å². The molecule has 0 saturated heterocycles. The monoisotopic (exact) mass is 970 g/mol. The Bertz CT molecular complexity index is 2180. The SMILES string of the molecule is Cc1cc(C)cc(P(c2cc(C)cc(C)c2)c2cc3ccc2CCc2ccc(c(P(c4cc(C)cc(C)c4)c4cc(C)cc(C)c4)c2)CC3)c1.F[B-](F)(F)F.[CH]1[CH]C2[CH][CH]C1C2.[Rh+2]. The van der Waals surface area contributed by atoms with Gasteiger partial charge in [-0.1, -0.05) is 154 Å². The van der Waals surface area contributed by atoms with Crippen molar-refractivity contribution < 1.29 is 36.7 Å². The molecule has 6 aromatic carbocycles. The van der Waals surface area contributed by atoms with Gasteiger partial charge >= 0.3 is 26.7 Å². The largest absolute Gasteiger partial charge is 2.00 e. The molecule has 6 aliphatic carbocycles. The van der Waals surface area contributed by atoms with Gasteiger partial charge in [0.05, 0.1) is 0 Å². The van der Waals surface area contributed by atoms with E-state index in [1.807, 2.05) is 0 Å². The van der Waals surface area contributed by atoms with Crippen LogP contribution in [0.25, 0.3) is 0 Å². The summed E-state index contributed by atoms with van der Waals surface area (Å²) in [4.78, 5) is 0. The van der Waals surface area contributed by atoms with Gasteiger partial charge in [0.15, 0.2) is 0 Å². The van der Waals surface area contributed by atoms with Crippen LogP contribution in [0.15, 0.2) is 109 Å². The fourth-order valence-corrected chi connectivity index (χ4v) is 15.3. The Morgan fingerprint density at radius 1 is 0.381 bits per heavy atom. The summed E-state index contributed by atoms with van der Waals surface area (Å²) in [7, 11) is -7.41. The van der Waals surface area contributed by atoms with E-state index >= 15 is 0 Å². The second-order valence-corrected chi connectivity index (χ2v) is 22.2. The van der Waals surface area contributed by atoms with Crippen molar-refractivity contribution in [1.82, 2.24) is 0 Å². The summed E-state index contributed by atoms with van der Waals surface area (Å²) in [6.07, 6.45) is 14.7. The number of fused-ring (bicyclic) bond motifs is 2. The van der Waals surface area contributed by atoms with Crippen LogP contribution in [-0.2, 0) is 45.2 Å². The zero-order chi connectivity index (χ0) is 44.3. The molecule has 6 bridgehead atoms. The molecule has 63 heavy (non-hydrogen) atoms. The number of halogens is 4. The minimum absolute atomic E-state index is 0. The Kier molecular flexibility index (Phi) is 16.6. The number of hydrogen-bond donors (Lipinski definition) is 0. The average molecular weight is 971 g/mol. The summed E-state index contributed by atoms with van der Waals surface area (Å²) in [6.45, 7) is 18.0. The van der Waals surface area contributed by atoms with Crippen LogP contribution in [0.2, 0.25) is 0 Å². The molecule has 0 aromatic heterocycles. The average Bonchev–Trinajstić information content (AvgIpc) is 3.82.